The third-order valence-corrected chi connectivity index (χ3v) is 4.31. The SMILES string of the molecule is CN(C)CCCN1C(=O)CS[C@@H]1c1ccccc1. The summed E-state index contributed by atoms with van der Waals surface area (Å²) in [4.78, 5) is 16.1. The Kier molecular flexibility index (Phi) is 4.66. The molecule has 1 saturated heterocycles. The van der Waals surface area contributed by atoms with Gasteiger partial charge in [0.2, 0.25) is 5.91 Å². The van der Waals surface area contributed by atoms with E-state index in [1.54, 1.807) is 11.8 Å². The van der Waals surface area contributed by atoms with E-state index in [1.807, 2.05) is 23.1 Å². The van der Waals surface area contributed by atoms with Gasteiger partial charge in [-0.3, -0.25) is 4.79 Å². The van der Waals surface area contributed by atoms with E-state index in [9.17, 15) is 4.79 Å². The average molecular weight is 264 g/mol. The molecule has 0 aliphatic carbocycles. The molecule has 0 N–H and O–H groups in total. The lowest BCUT2D eigenvalue weighted by Gasteiger charge is -2.24. The zero-order valence-electron chi connectivity index (χ0n) is 11.0. The predicted molar refractivity (Wildman–Crippen MR) is 76.5 cm³/mol. The van der Waals surface area contributed by atoms with Crippen LogP contribution in [0.2, 0.25) is 0 Å². The van der Waals surface area contributed by atoms with E-state index in [-0.39, 0.29) is 11.3 Å². The summed E-state index contributed by atoms with van der Waals surface area (Å²) in [5, 5.41) is 0.209. The third kappa shape index (κ3) is 3.27. The molecule has 98 valence electrons. The third-order valence-electron chi connectivity index (χ3n) is 3.06. The van der Waals surface area contributed by atoms with Crippen molar-refractivity contribution in [3.63, 3.8) is 0 Å². The number of benzene rings is 1. The second-order valence-electron chi connectivity index (χ2n) is 4.82. The minimum absolute atomic E-state index is 0.209. The van der Waals surface area contributed by atoms with Crippen LogP contribution in [-0.4, -0.2) is 48.6 Å². The van der Waals surface area contributed by atoms with E-state index in [0.29, 0.717) is 5.75 Å². The summed E-state index contributed by atoms with van der Waals surface area (Å²) >= 11 is 1.73. The van der Waals surface area contributed by atoms with Crippen LogP contribution >= 0.6 is 11.8 Å². The standard InChI is InChI=1S/C14H20N2OS/c1-15(2)9-6-10-16-13(17)11-18-14(16)12-7-4-3-5-8-12/h3-5,7-8,14H,6,9-11H2,1-2H3/t14-/m1/s1. The summed E-state index contributed by atoms with van der Waals surface area (Å²) in [6, 6.07) is 10.3. The number of rotatable bonds is 5. The summed E-state index contributed by atoms with van der Waals surface area (Å²) in [5.74, 6) is 0.884. The molecule has 0 unspecified atom stereocenters. The van der Waals surface area contributed by atoms with E-state index in [4.69, 9.17) is 0 Å². The van der Waals surface area contributed by atoms with Gasteiger partial charge in [0.05, 0.1) is 5.75 Å². The van der Waals surface area contributed by atoms with Gasteiger partial charge in [0, 0.05) is 6.54 Å². The summed E-state index contributed by atoms with van der Waals surface area (Å²) in [6.45, 7) is 1.87. The maximum absolute atomic E-state index is 11.9. The van der Waals surface area contributed by atoms with Crippen LogP contribution in [0.1, 0.15) is 17.4 Å². The fraction of sp³-hybridized carbons (Fsp3) is 0.500. The number of carbonyl (C=O) groups excluding carboxylic acids is 1. The molecule has 1 aromatic rings. The second-order valence-corrected chi connectivity index (χ2v) is 5.89. The monoisotopic (exact) mass is 264 g/mol. The minimum atomic E-state index is 0.209. The molecule has 1 atom stereocenters. The lowest BCUT2D eigenvalue weighted by Crippen LogP contribution is -2.31. The first-order valence-electron chi connectivity index (χ1n) is 6.29. The van der Waals surface area contributed by atoms with Crippen molar-refractivity contribution in [1.82, 2.24) is 9.80 Å². The van der Waals surface area contributed by atoms with Crippen LogP contribution in [0.4, 0.5) is 0 Å². The molecule has 3 nitrogen and oxygen atoms in total. The van der Waals surface area contributed by atoms with Crippen LogP contribution in [-0.2, 0) is 4.79 Å². The average Bonchev–Trinajstić information content (AvgIpc) is 2.72. The highest BCUT2D eigenvalue weighted by Gasteiger charge is 2.31. The van der Waals surface area contributed by atoms with Crippen molar-refractivity contribution in [3.05, 3.63) is 35.9 Å². The molecular weight excluding hydrogens is 244 g/mol. The first-order valence-corrected chi connectivity index (χ1v) is 7.34. The maximum Gasteiger partial charge on any atom is 0.233 e. The number of carbonyl (C=O) groups is 1. The molecule has 0 spiro atoms. The Morgan fingerprint density at radius 3 is 2.72 bits per heavy atom. The number of hydrogen-bond acceptors (Lipinski definition) is 3. The van der Waals surface area contributed by atoms with Gasteiger partial charge in [0.25, 0.3) is 0 Å². The molecule has 1 amide bonds. The summed E-state index contributed by atoms with van der Waals surface area (Å²) in [7, 11) is 4.13. The van der Waals surface area contributed by atoms with Crippen molar-refractivity contribution in [2.24, 2.45) is 0 Å². The van der Waals surface area contributed by atoms with Crippen LogP contribution < -0.4 is 0 Å². The van der Waals surface area contributed by atoms with E-state index in [0.717, 1.165) is 19.5 Å². The van der Waals surface area contributed by atoms with Gasteiger partial charge in [0.15, 0.2) is 0 Å². The number of amides is 1. The Morgan fingerprint density at radius 2 is 2.06 bits per heavy atom. The van der Waals surface area contributed by atoms with Gasteiger partial charge in [-0.1, -0.05) is 30.3 Å². The van der Waals surface area contributed by atoms with Crippen LogP contribution in [0.5, 0.6) is 0 Å². The van der Waals surface area contributed by atoms with Crippen molar-refractivity contribution in [2.75, 3.05) is 32.9 Å². The molecule has 0 radical (unpaired) electrons. The Bertz CT molecular complexity index is 394. The van der Waals surface area contributed by atoms with Gasteiger partial charge < -0.3 is 9.80 Å². The number of hydrogen-bond donors (Lipinski definition) is 0. The minimum Gasteiger partial charge on any atom is -0.326 e. The maximum atomic E-state index is 11.9. The van der Waals surface area contributed by atoms with Crippen LogP contribution in [0, 0.1) is 0 Å². The molecule has 1 aliphatic heterocycles. The molecule has 0 aromatic heterocycles. The Labute approximate surface area is 113 Å². The first kappa shape index (κ1) is 13.4. The predicted octanol–water partition coefficient (Wildman–Crippen LogP) is 2.21. The van der Waals surface area contributed by atoms with Crippen molar-refractivity contribution < 1.29 is 4.79 Å². The largest absolute Gasteiger partial charge is 0.326 e. The molecule has 0 saturated carbocycles. The summed E-state index contributed by atoms with van der Waals surface area (Å²) in [6.07, 6.45) is 1.03. The van der Waals surface area contributed by atoms with E-state index in [2.05, 4.69) is 31.1 Å². The smallest absolute Gasteiger partial charge is 0.233 e. The van der Waals surface area contributed by atoms with Crippen LogP contribution in [0.3, 0.4) is 0 Å². The van der Waals surface area contributed by atoms with Gasteiger partial charge in [0.1, 0.15) is 5.37 Å². The molecule has 18 heavy (non-hydrogen) atoms. The van der Waals surface area contributed by atoms with Crippen LogP contribution in [0.25, 0.3) is 0 Å². The molecule has 1 fully saturated rings. The van der Waals surface area contributed by atoms with Gasteiger partial charge >= 0.3 is 0 Å². The normalized spacial score (nSPS) is 19.8. The molecule has 1 aliphatic rings. The summed E-state index contributed by atoms with van der Waals surface area (Å²) < 4.78 is 0. The molecule has 1 heterocycles. The zero-order chi connectivity index (χ0) is 13.0. The fourth-order valence-corrected chi connectivity index (χ4v) is 3.37. The first-order chi connectivity index (χ1) is 8.68. The molecule has 4 heteroatoms. The highest BCUT2D eigenvalue weighted by Crippen LogP contribution is 2.38. The lowest BCUT2D eigenvalue weighted by atomic mass is 10.2. The highest BCUT2D eigenvalue weighted by atomic mass is 32.2. The highest BCUT2D eigenvalue weighted by molar-refractivity contribution is 8.00. The number of thioether (sulfide) groups is 1. The Morgan fingerprint density at radius 1 is 1.33 bits per heavy atom. The molecule has 1 aromatic carbocycles. The molecule has 2 rings (SSSR count). The Hall–Kier alpha value is -1.00. The quantitative estimate of drug-likeness (QED) is 0.814. The van der Waals surface area contributed by atoms with Crippen molar-refractivity contribution in [3.8, 4) is 0 Å². The van der Waals surface area contributed by atoms with Crippen molar-refractivity contribution in [1.29, 1.82) is 0 Å². The van der Waals surface area contributed by atoms with Crippen LogP contribution in [0.15, 0.2) is 30.3 Å². The van der Waals surface area contributed by atoms with Gasteiger partial charge in [-0.25, -0.2) is 0 Å². The van der Waals surface area contributed by atoms with E-state index in [1.165, 1.54) is 5.56 Å². The fourth-order valence-electron chi connectivity index (χ4n) is 2.15. The van der Waals surface area contributed by atoms with Crippen molar-refractivity contribution in [2.45, 2.75) is 11.8 Å². The molecular formula is C14H20N2OS. The zero-order valence-corrected chi connectivity index (χ0v) is 11.8. The van der Waals surface area contributed by atoms with Gasteiger partial charge in [-0.05, 0) is 32.6 Å². The number of nitrogens with zero attached hydrogens (tertiary/aromatic N) is 2. The topological polar surface area (TPSA) is 23.6 Å². The summed E-state index contributed by atoms with van der Waals surface area (Å²) in [5.41, 5.74) is 1.23. The van der Waals surface area contributed by atoms with Gasteiger partial charge in [-0.2, -0.15) is 0 Å². The Balaban J connectivity index is 1.99. The van der Waals surface area contributed by atoms with E-state index >= 15 is 0 Å². The van der Waals surface area contributed by atoms with Gasteiger partial charge in [-0.15, -0.1) is 11.8 Å². The second kappa shape index (κ2) is 6.25. The molecule has 0 bridgehead atoms. The lowest BCUT2D eigenvalue weighted by molar-refractivity contribution is -0.128. The van der Waals surface area contributed by atoms with E-state index < -0.39 is 0 Å². The van der Waals surface area contributed by atoms with Crippen molar-refractivity contribution >= 4 is 17.7 Å².